The average Bonchev–Trinajstić information content (AvgIpc) is 2.48. The summed E-state index contributed by atoms with van der Waals surface area (Å²) < 4.78 is 22.9. The van der Waals surface area contributed by atoms with Crippen LogP contribution in [0.5, 0.6) is 0 Å². The Morgan fingerprint density at radius 3 is 2.55 bits per heavy atom. The van der Waals surface area contributed by atoms with E-state index in [1.807, 2.05) is 0 Å². The van der Waals surface area contributed by atoms with Crippen molar-refractivity contribution < 1.29 is 13.2 Å². The maximum absolute atomic E-state index is 12.5. The van der Waals surface area contributed by atoms with Crippen LogP contribution in [0.4, 0.5) is 5.95 Å². The summed E-state index contributed by atoms with van der Waals surface area (Å²) in [6.07, 6.45) is 4.59. The number of aryl methyl sites for hydroxylation is 1. The van der Waals surface area contributed by atoms with Crippen molar-refractivity contribution in [3.8, 4) is 0 Å². The van der Waals surface area contributed by atoms with Gasteiger partial charge in [0, 0.05) is 17.3 Å². The largest absolute Gasteiger partial charge is 0.368 e. The van der Waals surface area contributed by atoms with E-state index in [4.69, 9.17) is 5.73 Å². The van der Waals surface area contributed by atoms with Crippen LogP contribution in [-0.4, -0.2) is 41.8 Å². The topological polar surface area (TPSA) is 115 Å². The number of fused-ring (bicyclic) bond motifs is 1. The molecule has 1 aromatic rings. The second-order valence-corrected chi connectivity index (χ2v) is 8.27. The summed E-state index contributed by atoms with van der Waals surface area (Å²) in [6.45, 7) is 0. The highest BCUT2D eigenvalue weighted by atomic mass is 32.2. The first-order chi connectivity index (χ1) is 10.4. The zero-order valence-electron chi connectivity index (χ0n) is 12.3. The van der Waals surface area contributed by atoms with Crippen LogP contribution in [0.15, 0.2) is 0 Å². The molecular weight excluding hydrogens is 304 g/mol. The second kappa shape index (κ2) is 5.83. The van der Waals surface area contributed by atoms with Crippen molar-refractivity contribution in [2.24, 2.45) is 0 Å². The maximum Gasteiger partial charge on any atom is 0.270 e. The first-order valence-electron chi connectivity index (χ1n) is 7.61. The maximum atomic E-state index is 12.5. The second-order valence-electron chi connectivity index (χ2n) is 5.96. The molecule has 0 spiro atoms. The van der Waals surface area contributed by atoms with E-state index in [0.29, 0.717) is 18.5 Å². The molecule has 0 saturated carbocycles. The molecule has 8 heteroatoms. The van der Waals surface area contributed by atoms with Crippen LogP contribution >= 0.6 is 0 Å². The third-order valence-electron chi connectivity index (χ3n) is 4.31. The third kappa shape index (κ3) is 3.21. The van der Waals surface area contributed by atoms with Gasteiger partial charge in [-0.05, 0) is 38.5 Å². The van der Waals surface area contributed by atoms with Crippen LogP contribution in [-0.2, 0) is 22.7 Å². The van der Waals surface area contributed by atoms with E-state index < -0.39 is 9.84 Å². The summed E-state index contributed by atoms with van der Waals surface area (Å²) in [4.78, 5) is 20.8. The SMILES string of the molecule is Nc1nc2c(c(C(=O)NC3CCS(=O)(=O)CC3)n1)CCCC2. The number of nitrogens with one attached hydrogen (secondary N) is 1. The van der Waals surface area contributed by atoms with E-state index >= 15 is 0 Å². The number of nitrogens with zero attached hydrogens (tertiary/aromatic N) is 2. The fourth-order valence-corrected chi connectivity index (χ4v) is 4.58. The number of hydrogen-bond donors (Lipinski definition) is 2. The summed E-state index contributed by atoms with van der Waals surface area (Å²) >= 11 is 0. The van der Waals surface area contributed by atoms with Crippen LogP contribution in [0.3, 0.4) is 0 Å². The molecule has 0 aromatic carbocycles. The Morgan fingerprint density at radius 1 is 1.14 bits per heavy atom. The van der Waals surface area contributed by atoms with Crippen molar-refractivity contribution in [2.45, 2.75) is 44.6 Å². The molecule has 7 nitrogen and oxygen atoms in total. The highest BCUT2D eigenvalue weighted by Gasteiger charge is 2.27. The lowest BCUT2D eigenvalue weighted by molar-refractivity contribution is 0.0927. The number of carbonyl (C=O) groups is 1. The molecule has 120 valence electrons. The molecule has 1 aliphatic heterocycles. The number of carbonyl (C=O) groups excluding carboxylic acids is 1. The van der Waals surface area contributed by atoms with Gasteiger partial charge in [0.1, 0.15) is 15.5 Å². The van der Waals surface area contributed by atoms with Crippen molar-refractivity contribution in [1.82, 2.24) is 15.3 Å². The number of rotatable bonds is 2. The van der Waals surface area contributed by atoms with Gasteiger partial charge in [0.25, 0.3) is 5.91 Å². The minimum atomic E-state index is -2.93. The number of hydrogen-bond acceptors (Lipinski definition) is 6. The zero-order valence-corrected chi connectivity index (χ0v) is 13.2. The van der Waals surface area contributed by atoms with Crippen LogP contribution in [0.1, 0.15) is 47.4 Å². The number of amides is 1. The monoisotopic (exact) mass is 324 g/mol. The fraction of sp³-hybridized carbons (Fsp3) is 0.643. The van der Waals surface area contributed by atoms with Gasteiger partial charge in [-0.2, -0.15) is 0 Å². The molecule has 3 N–H and O–H groups in total. The number of nitrogens with two attached hydrogens (primary N) is 1. The molecule has 2 aliphatic rings. The highest BCUT2D eigenvalue weighted by molar-refractivity contribution is 7.91. The smallest absolute Gasteiger partial charge is 0.270 e. The quantitative estimate of drug-likeness (QED) is 0.805. The first kappa shape index (κ1) is 15.2. The fourth-order valence-electron chi connectivity index (χ4n) is 3.09. The van der Waals surface area contributed by atoms with Gasteiger partial charge in [-0.15, -0.1) is 0 Å². The van der Waals surface area contributed by atoms with Crippen LogP contribution in [0.2, 0.25) is 0 Å². The Kier molecular flexibility index (Phi) is 4.03. The minimum absolute atomic E-state index is 0.119. The van der Waals surface area contributed by atoms with Gasteiger partial charge in [0.2, 0.25) is 5.95 Å². The minimum Gasteiger partial charge on any atom is -0.368 e. The number of sulfone groups is 1. The molecular formula is C14H20N4O3S. The first-order valence-corrected chi connectivity index (χ1v) is 9.43. The van der Waals surface area contributed by atoms with Crippen molar-refractivity contribution in [1.29, 1.82) is 0 Å². The molecule has 1 amide bonds. The lowest BCUT2D eigenvalue weighted by Crippen LogP contribution is -2.41. The van der Waals surface area contributed by atoms with E-state index in [9.17, 15) is 13.2 Å². The van der Waals surface area contributed by atoms with E-state index in [1.54, 1.807) is 0 Å². The standard InChI is InChI=1S/C14H20N4O3S/c15-14-17-11-4-2-1-3-10(11)12(18-14)13(19)16-9-5-7-22(20,21)8-6-9/h9H,1-8H2,(H,16,19)(H2,15,17,18). The average molecular weight is 324 g/mol. The summed E-state index contributed by atoms with van der Waals surface area (Å²) in [5.74, 6) is 0.109. The lowest BCUT2D eigenvalue weighted by Gasteiger charge is -2.24. The van der Waals surface area contributed by atoms with Gasteiger partial charge < -0.3 is 11.1 Å². The van der Waals surface area contributed by atoms with Gasteiger partial charge in [-0.3, -0.25) is 4.79 Å². The summed E-state index contributed by atoms with van der Waals surface area (Å²) in [5.41, 5.74) is 7.83. The normalized spacial score (nSPS) is 21.1. The van der Waals surface area contributed by atoms with E-state index in [2.05, 4.69) is 15.3 Å². The molecule has 0 radical (unpaired) electrons. The van der Waals surface area contributed by atoms with Crippen LogP contribution in [0, 0.1) is 0 Å². The Labute approximate surface area is 129 Å². The molecule has 2 heterocycles. The molecule has 1 saturated heterocycles. The Balaban J connectivity index is 1.77. The Morgan fingerprint density at radius 2 is 1.82 bits per heavy atom. The van der Waals surface area contributed by atoms with Crippen LogP contribution in [0.25, 0.3) is 0 Å². The predicted molar refractivity (Wildman–Crippen MR) is 82.2 cm³/mol. The van der Waals surface area contributed by atoms with Crippen molar-refractivity contribution in [3.05, 3.63) is 17.0 Å². The lowest BCUT2D eigenvalue weighted by atomic mass is 9.94. The number of nitrogen functional groups attached to an aromatic ring is 1. The van der Waals surface area contributed by atoms with Gasteiger partial charge in [0.15, 0.2) is 0 Å². The zero-order chi connectivity index (χ0) is 15.7. The third-order valence-corrected chi connectivity index (χ3v) is 6.02. The van der Waals surface area contributed by atoms with Crippen molar-refractivity contribution in [3.63, 3.8) is 0 Å². The van der Waals surface area contributed by atoms with Gasteiger partial charge in [-0.25, -0.2) is 18.4 Å². The van der Waals surface area contributed by atoms with Gasteiger partial charge in [0.05, 0.1) is 11.5 Å². The molecule has 1 aliphatic carbocycles. The predicted octanol–water partition coefficient (Wildman–Crippen LogP) is 0.245. The van der Waals surface area contributed by atoms with Crippen molar-refractivity contribution >= 4 is 21.7 Å². The van der Waals surface area contributed by atoms with Crippen LogP contribution < -0.4 is 11.1 Å². The molecule has 0 atom stereocenters. The molecule has 3 rings (SSSR count). The molecule has 1 aromatic heterocycles. The summed E-state index contributed by atoms with van der Waals surface area (Å²) in [6, 6.07) is -0.119. The highest BCUT2D eigenvalue weighted by Crippen LogP contribution is 2.23. The Bertz CT molecular complexity index is 688. The van der Waals surface area contributed by atoms with E-state index in [-0.39, 0.29) is 29.4 Å². The molecule has 0 unspecified atom stereocenters. The molecule has 0 bridgehead atoms. The summed E-state index contributed by atoms with van der Waals surface area (Å²) in [5, 5.41) is 2.90. The number of aromatic nitrogens is 2. The van der Waals surface area contributed by atoms with Gasteiger partial charge in [-0.1, -0.05) is 0 Å². The summed E-state index contributed by atoms with van der Waals surface area (Å²) in [7, 11) is -2.93. The number of anilines is 1. The van der Waals surface area contributed by atoms with Crippen molar-refractivity contribution in [2.75, 3.05) is 17.2 Å². The molecule has 22 heavy (non-hydrogen) atoms. The van der Waals surface area contributed by atoms with E-state index in [0.717, 1.165) is 36.9 Å². The molecule has 1 fully saturated rings. The van der Waals surface area contributed by atoms with E-state index in [1.165, 1.54) is 0 Å². The Hall–Kier alpha value is -1.70. The van der Waals surface area contributed by atoms with Gasteiger partial charge >= 0.3 is 0 Å².